The summed E-state index contributed by atoms with van der Waals surface area (Å²) >= 11 is 0. The summed E-state index contributed by atoms with van der Waals surface area (Å²) in [5.41, 5.74) is -0.172. The molecular weight excluding hydrogens is 274 g/mol. The lowest BCUT2D eigenvalue weighted by Gasteiger charge is -2.11. The van der Waals surface area contributed by atoms with Gasteiger partial charge in [0.25, 0.3) is 0 Å². The van der Waals surface area contributed by atoms with Gasteiger partial charge < -0.3 is 10.6 Å². The summed E-state index contributed by atoms with van der Waals surface area (Å²) in [6.45, 7) is 1.47. The summed E-state index contributed by atoms with van der Waals surface area (Å²) in [7, 11) is 0. The fourth-order valence-electron chi connectivity index (χ4n) is 2.09. The summed E-state index contributed by atoms with van der Waals surface area (Å²) in [5, 5.41) is 5.93. The molecule has 1 aliphatic rings. The Morgan fingerprint density at radius 1 is 1.37 bits per heavy atom. The van der Waals surface area contributed by atoms with Gasteiger partial charge in [-0.05, 0) is 31.5 Å². The van der Waals surface area contributed by atoms with Crippen molar-refractivity contribution in [2.75, 3.05) is 13.1 Å². The molecule has 1 aromatic carbocycles. The lowest BCUT2D eigenvalue weighted by Crippen LogP contribution is -2.38. The second-order valence-corrected chi connectivity index (χ2v) is 4.47. The number of carbonyl (C=O) groups excluding carboxylic acids is 1. The first-order valence-corrected chi connectivity index (χ1v) is 6.10. The second kappa shape index (κ2) is 7.40. The van der Waals surface area contributed by atoms with Crippen molar-refractivity contribution in [3.8, 4) is 0 Å². The molecule has 1 heterocycles. The van der Waals surface area contributed by atoms with E-state index >= 15 is 0 Å². The Bertz CT molecular complexity index is 416. The SMILES string of the molecule is Cl.O=C(Cc1c(F)cccc1F)NCC1CCCN1. The zero-order valence-corrected chi connectivity index (χ0v) is 11.2. The van der Waals surface area contributed by atoms with Gasteiger partial charge in [0.15, 0.2) is 0 Å². The number of hydrogen-bond donors (Lipinski definition) is 2. The zero-order chi connectivity index (χ0) is 13.0. The first-order chi connectivity index (χ1) is 8.66. The van der Waals surface area contributed by atoms with Gasteiger partial charge in [-0.1, -0.05) is 6.07 Å². The number of hydrogen-bond acceptors (Lipinski definition) is 2. The number of nitrogens with one attached hydrogen (secondary N) is 2. The van der Waals surface area contributed by atoms with Crippen molar-refractivity contribution in [1.82, 2.24) is 10.6 Å². The van der Waals surface area contributed by atoms with Crippen molar-refractivity contribution in [3.05, 3.63) is 35.4 Å². The molecule has 1 aromatic rings. The van der Waals surface area contributed by atoms with Gasteiger partial charge in [-0.25, -0.2) is 8.78 Å². The van der Waals surface area contributed by atoms with Gasteiger partial charge in [-0.3, -0.25) is 4.79 Å². The minimum atomic E-state index is -0.677. The normalized spacial score (nSPS) is 17.9. The van der Waals surface area contributed by atoms with E-state index in [1.807, 2.05) is 0 Å². The number of amides is 1. The Labute approximate surface area is 117 Å². The monoisotopic (exact) mass is 290 g/mol. The van der Waals surface area contributed by atoms with E-state index in [0.29, 0.717) is 6.54 Å². The summed E-state index contributed by atoms with van der Waals surface area (Å²) in [6, 6.07) is 3.88. The van der Waals surface area contributed by atoms with Crippen LogP contribution in [0.3, 0.4) is 0 Å². The highest BCUT2D eigenvalue weighted by Crippen LogP contribution is 2.12. The lowest BCUT2D eigenvalue weighted by molar-refractivity contribution is -0.120. The summed E-state index contributed by atoms with van der Waals surface area (Å²) in [6.07, 6.45) is 1.86. The maximum Gasteiger partial charge on any atom is 0.224 e. The molecule has 1 aliphatic heterocycles. The summed E-state index contributed by atoms with van der Waals surface area (Å²) in [5.74, 6) is -1.71. The highest BCUT2D eigenvalue weighted by molar-refractivity contribution is 5.85. The van der Waals surface area contributed by atoms with Crippen LogP contribution < -0.4 is 10.6 Å². The van der Waals surface area contributed by atoms with Crippen LogP contribution in [0.15, 0.2) is 18.2 Å². The van der Waals surface area contributed by atoms with Gasteiger partial charge in [-0.15, -0.1) is 12.4 Å². The molecule has 1 amide bonds. The van der Waals surface area contributed by atoms with Crippen LogP contribution in [-0.2, 0) is 11.2 Å². The van der Waals surface area contributed by atoms with Crippen LogP contribution in [0.1, 0.15) is 18.4 Å². The van der Waals surface area contributed by atoms with Crippen LogP contribution in [0.2, 0.25) is 0 Å². The van der Waals surface area contributed by atoms with Gasteiger partial charge in [0.2, 0.25) is 5.91 Å². The summed E-state index contributed by atoms with van der Waals surface area (Å²) < 4.78 is 26.6. The van der Waals surface area contributed by atoms with Crippen LogP contribution in [0.25, 0.3) is 0 Å². The number of benzene rings is 1. The second-order valence-electron chi connectivity index (χ2n) is 4.47. The molecule has 1 atom stereocenters. The van der Waals surface area contributed by atoms with Gasteiger partial charge in [-0.2, -0.15) is 0 Å². The maximum absolute atomic E-state index is 13.3. The first-order valence-electron chi connectivity index (χ1n) is 6.10. The van der Waals surface area contributed by atoms with Gasteiger partial charge >= 0.3 is 0 Å². The largest absolute Gasteiger partial charge is 0.354 e. The van der Waals surface area contributed by atoms with Crippen molar-refractivity contribution >= 4 is 18.3 Å². The molecule has 19 heavy (non-hydrogen) atoms. The Kier molecular flexibility index (Phi) is 6.18. The van der Waals surface area contributed by atoms with Gasteiger partial charge in [0.05, 0.1) is 6.42 Å². The number of halogens is 3. The maximum atomic E-state index is 13.3. The molecule has 2 N–H and O–H groups in total. The van der Waals surface area contributed by atoms with Crippen LogP contribution in [0.4, 0.5) is 8.78 Å². The number of carbonyl (C=O) groups is 1. The molecule has 3 nitrogen and oxygen atoms in total. The smallest absolute Gasteiger partial charge is 0.224 e. The van der Waals surface area contributed by atoms with E-state index in [1.165, 1.54) is 6.07 Å². The molecule has 0 aromatic heterocycles. The average Bonchev–Trinajstić information content (AvgIpc) is 2.84. The molecule has 0 saturated carbocycles. The zero-order valence-electron chi connectivity index (χ0n) is 10.4. The quantitative estimate of drug-likeness (QED) is 0.888. The third-order valence-corrected chi connectivity index (χ3v) is 3.11. The van der Waals surface area contributed by atoms with Crippen molar-refractivity contribution in [3.63, 3.8) is 0 Å². The van der Waals surface area contributed by atoms with E-state index in [1.54, 1.807) is 0 Å². The third-order valence-electron chi connectivity index (χ3n) is 3.11. The molecule has 6 heteroatoms. The van der Waals surface area contributed by atoms with Crippen molar-refractivity contribution in [2.24, 2.45) is 0 Å². The molecule has 1 fully saturated rings. The molecule has 1 unspecified atom stereocenters. The molecule has 0 bridgehead atoms. The van der Waals surface area contributed by atoms with Crippen LogP contribution in [-0.4, -0.2) is 25.0 Å². The van der Waals surface area contributed by atoms with Gasteiger partial charge in [0, 0.05) is 18.2 Å². The van der Waals surface area contributed by atoms with Crippen LogP contribution in [0.5, 0.6) is 0 Å². The highest BCUT2D eigenvalue weighted by Gasteiger charge is 2.16. The predicted octanol–water partition coefficient (Wildman–Crippen LogP) is 1.80. The fraction of sp³-hybridized carbons (Fsp3) is 0.462. The topological polar surface area (TPSA) is 41.1 Å². The lowest BCUT2D eigenvalue weighted by atomic mass is 10.1. The van der Waals surface area contributed by atoms with Crippen LogP contribution >= 0.6 is 12.4 Å². The standard InChI is InChI=1S/C13H16F2N2O.ClH/c14-11-4-1-5-12(15)10(11)7-13(18)17-8-9-3-2-6-16-9;/h1,4-5,9,16H,2-3,6-8H2,(H,17,18);1H. The van der Waals surface area contributed by atoms with Crippen molar-refractivity contribution < 1.29 is 13.6 Å². The van der Waals surface area contributed by atoms with E-state index in [9.17, 15) is 13.6 Å². The Morgan fingerprint density at radius 3 is 2.63 bits per heavy atom. The third kappa shape index (κ3) is 4.44. The van der Waals surface area contributed by atoms with Gasteiger partial charge in [0.1, 0.15) is 11.6 Å². The van der Waals surface area contributed by atoms with E-state index in [4.69, 9.17) is 0 Å². The fourth-order valence-corrected chi connectivity index (χ4v) is 2.09. The van der Waals surface area contributed by atoms with E-state index in [-0.39, 0.29) is 36.3 Å². The summed E-state index contributed by atoms with van der Waals surface area (Å²) in [4.78, 5) is 11.6. The molecule has 0 aliphatic carbocycles. The minimum absolute atomic E-state index is 0. The first kappa shape index (κ1) is 15.9. The predicted molar refractivity (Wildman–Crippen MR) is 71.3 cm³/mol. The average molecular weight is 291 g/mol. The molecule has 0 radical (unpaired) electrons. The molecular formula is C13H17ClF2N2O. The van der Waals surface area contributed by atoms with E-state index in [0.717, 1.165) is 31.5 Å². The number of rotatable bonds is 4. The Hall–Kier alpha value is -1.20. The Balaban J connectivity index is 0.00000180. The highest BCUT2D eigenvalue weighted by atomic mass is 35.5. The Morgan fingerprint density at radius 2 is 2.05 bits per heavy atom. The van der Waals surface area contributed by atoms with E-state index < -0.39 is 11.6 Å². The molecule has 2 rings (SSSR count). The van der Waals surface area contributed by atoms with Crippen molar-refractivity contribution in [1.29, 1.82) is 0 Å². The minimum Gasteiger partial charge on any atom is -0.354 e. The van der Waals surface area contributed by atoms with E-state index in [2.05, 4.69) is 10.6 Å². The molecule has 1 saturated heterocycles. The molecule has 106 valence electrons. The van der Waals surface area contributed by atoms with Crippen LogP contribution in [0, 0.1) is 11.6 Å². The van der Waals surface area contributed by atoms with Crippen molar-refractivity contribution in [2.45, 2.75) is 25.3 Å². The molecule has 0 spiro atoms.